The number of anilines is 1. The zero-order valence-electron chi connectivity index (χ0n) is 10.0. The molecule has 1 aromatic rings. The van der Waals surface area contributed by atoms with Gasteiger partial charge in [0.1, 0.15) is 0 Å². The van der Waals surface area contributed by atoms with Gasteiger partial charge in [-0.05, 0) is 19.8 Å². The lowest BCUT2D eigenvalue weighted by Crippen LogP contribution is -2.44. The summed E-state index contributed by atoms with van der Waals surface area (Å²) in [4.78, 5) is 15.7. The summed E-state index contributed by atoms with van der Waals surface area (Å²) >= 11 is 0. The Kier molecular flexibility index (Phi) is 3.42. The molecule has 0 radical (unpaired) electrons. The molecule has 0 atom stereocenters. The fourth-order valence-electron chi connectivity index (χ4n) is 2.26. The summed E-state index contributed by atoms with van der Waals surface area (Å²) in [6, 6.07) is 0.145. The zero-order chi connectivity index (χ0) is 12.3. The molecule has 0 aromatic carbocycles. The van der Waals surface area contributed by atoms with Crippen LogP contribution in [-0.2, 0) is 4.79 Å². The molecule has 6 nitrogen and oxygen atoms in total. The zero-order valence-corrected chi connectivity index (χ0v) is 10.0. The highest BCUT2D eigenvalue weighted by atomic mass is 16.5. The molecule has 1 heterocycles. The van der Waals surface area contributed by atoms with Gasteiger partial charge in [-0.2, -0.15) is 4.98 Å². The predicted molar refractivity (Wildman–Crippen MR) is 62.3 cm³/mol. The van der Waals surface area contributed by atoms with Crippen LogP contribution in [-0.4, -0.2) is 21.6 Å². The summed E-state index contributed by atoms with van der Waals surface area (Å²) in [5, 5.41) is 6.18. The van der Waals surface area contributed by atoms with E-state index in [4.69, 9.17) is 10.3 Å². The highest BCUT2D eigenvalue weighted by molar-refractivity contribution is 5.89. The smallest absolute Gasteiger partial charge is 0.325 e. The van der Waals surface area contributed by atoms with Gasteiger partial charge in [0.25, 0.3) is 0 Å². The molecule has 0 spiro atoms. The lowest BCUT2D eigenvalue weighted by atomic mass is 9.80. The third kappa shape index (κ3) is 3.26. The van der Waals surface area contributed by atoms with Gasteiger partial charge in [-0.15, -0.1) is 0 Å². The van der Waals surface area contributed by atoms with Crippen molar-refractivity contribution < 1.29 is 9.32 Å². The number of hydrogen-bond acceptors (Lipinski definition) is 5. The summed E-state index contributed by atoms with van der Waals surface area (Å²) in [5.74, 6) is 0.346. The van der Waals surface area contributed by atoms with Crippen LogP contribution < -0.4 is 11.1 Å². The number of nitrogens with one attached hydrogen (secondary N) is 1. The first-order chi connectivity index (χ1) is 8.07. The van der Waals surface area contributed by atoms with E-state index >= 15 is 0 Å². The molecule has 1 aliphatic carbocycles. The van der Waals surface area contributed by atoms with Gasteiger partial charge in [0.05, 0.1) is 0 Å². The van der Waals surface area contributed by atoms with Crippen LogP contribution in [0.1, 0.15) is 44.3 Å². The highest BCUT2D eigenvalue weighted by Gasteiger charge is 2.30. The molecule has 1 amide bonds. The van der Waals surface area contributed by atoms with E-state index in [0.717, 1.165) is 25.7 Å². The van der Waals surface area contributed by atoms with Crippen molar-refractivity contribution in [2.24, 2.45) is 5.73 Å². The molecule has 1 aromatic heterocycles. The average Bonchev–Trinajstić information content (AvgIpc) is 2.63. The second-order valence-corrected chi connectivity index (χ2v) is 4.79. The molecule has 0 bridgehead atoms. The summed E-state index contributed by atoms with van der Waals surface area (Å²) < 4.78 is 4.82. The molecule has 6 heteroatoms. The molecule has 1 saturated carbocycles. The molecule has 94 valence electrons. The Bertz CT molecular complexity index is 396. The Labute approximate surface area is 99.9 Å². The quantitative estimate of drug-likeness (QED) is 0.829. The van der Waals surface area contributed by atoms with Crippen molar-refractivity contribution in [3.8, 4) is 0 Å². The fourth-order valence-corrected chi connectivity index (χ4v) is 2.26. The minimum Gasteiger partial charge on any atom is -0.325 e. The lowest BCUT2D eigenvalue weighted by Gasteiger charge is -2.32. The molecule has 0 unspecified atom stereocenters. The van der Waals surface area contributed by atoms with Crippen LogP contribution in [0, 0.1) is 6.92 Å². The number of amides is 1. The summed E-state index contributed by atoms with van der Waals surface area (Å²) in [6.07, 6.45) is 5.54. The molecule has 1 fully saturated rings. The van der Waals surface area contributed by atoms with E-state index in [1.54, 1.807) is 6.92 Å². The Morgan fingerprint density at radius 3 is 2.76 bits per heavy atom. The topological polar surface area (TPSA) is 94.0 Å². The normalized spacial score (nSPS) is 18.9. The van der Waals surface area contributed by atoms with Crippen molar-refractivity contribution in [3.05, 3.63) is 5.82 Å². The predicted octanol–water partition coefficient (Wildman–Crippen LogP) is 1.37. The first kappa shape index (κ1) is 12.0. The molecular weight excluding hydrogens is 220 g/mol. The molecule has 1 aliphatic rings. The van der Waals surface area contributed by atoms with E-state index in [1.807, 2.05) is 0 Å². The molecule has 0 saturated heterocycles. The van der Waals surface area contributed by atoms with E-state index in [2.05, 4.69) is 15.5 Å². The highest BCUT2D eigenvalue weighted by Crippen LogP contribution is 2.28. The van der Waals surface area contributed by atoms with Gasteiger partial charge in [-0.3, -0.25) is 10.1 Å². The largest absolute Gasteiger partial charge is 0.328 e. The van der Waals surface area contributed by atoms with E-state index in [-0.39, 0.29) is 17.5 Å². The second kappa shape index (κ2) is 4.83. The SMILES string of the molecule is Cc1noc(NC(=O)CC2(N)CCCCC2)n1. The Hall–Kier alpha value is -1.43. The number of hydrogen-bond donors (Lipinski definition) is 2. The monoisotopic (exact) mass is 238 g/mol. The summed E-state index contributed by atoms with van der Waals surface area (Å²) in [6.45, 7) is 1.70. The molecular formula is C11H18N4O2. The number of nitrogens with two attached hydrogens (primary N) is 1. The Balaban J connectivity index is 1.88. The van der Waals surface area contributed by atoms with Gasteiger partial charge in [-0.25, -0.2) is 0 Å². The maximum absolute atomic E-state index is 11.8. The standard InChI is InChI=1S/C11H18N4O2/c1-8-13-10(17-15-8)14-9(16)7-11(12)5-3-2-4-6-11/h2-7,12H2,1H3,(H,13,14,15,16). The number of carbonyl (C=O) groups excluding carboxylic acids is 1. The third-order valence-electron chi connectivity index (χ3n) is 3.14. The van der Waals surface area contributed by atoms with Crippen LogP contribution in [0.4, 0.5) is 6.01 Å². The number of carbonyl (C=O) groups is 1. The van der Waals surface area contributed by atoms with Crippen LogP contribution in [0.2, 0.25) is 0 Å². The number of nitrogens with zero attached hydrogens (tertiary/aromatic N) is 2. The second-order valence-electron chi connectivity index (χ2n) is 4.79. The van der Waals surface area contributed by atoms with Gasteiger partial charge >= 0.3 is 6.01 Å². The average molecular weight is 238 g/mol. The van der Waals surface area contributed by atoms with Crippen LogP contribution in [0.25, 0.3) is 0 Å². The molecule has 2 rings (SSSR count). The van der Waals surface area contributed by atoms with Crippen molar-refractivity contribution in [1.82, 2.24) is 10.1 Å². The van der Waals surface area contributed by atoms with Crippen LogP contribution in [0.3, 0.4) is 0 Å². The maximum Gasteiger partial charge on any atom is 0.328 e. The fraction of sp³-hybridized carbons (Fsp3) is 0.727. The van der Waals surface area contributed by atoms with Gasteiger partial charge in [0.15, 0.2) is 5.82 Å². The molecule has 17 heavy (non-hydrogen) atoms. The van der Waals surface area contributed by atoms with E-state index in [9.17, 15) is 4.79 Å². The minimum atomic E-state index is -0.364. The summed E-state index contributed by atoms with van der Waals surface area (Å²) in [5.41, 5.74) is 5.83. The first-order valence-electron chi connectivity index (χ1n) is 5.96. The molecule has 0 aliphatic heterocycles. The van der Waals surface area contributed by atoms with E-state index in [0.29, 0.717) is 12.2 Å². The van der Waals surface area contributed by atoms with Crippen molar-refractivity contribution >= 4 is 11.9 Å². The lowest BCUT2D eigenvalue weighted by molar-refractivity contribution is -0.117. The summed E-state index contributed by atoms with van der Waals surface area (Å²) in [7, 11) is 0. The van der Waals surface area contributed by atoms with Crippen molar-refractivity contribution in [1.29, 1.82) is 0 Å². The minimum absolute atomic E-state index is 0.145. The molecule has 3 N–H and O–H groups in total. The Morgan fingerprint density at radius 2 is 2.18 bits per heavy atom. The van der Waals surface area contributed by atoms with E-state index < -0.39 is 0 Å². The van der Waals surface area contributed by atoms with Crippen LogP contribution in [0.15, 0.2) is 4.52 Å². The Morgan fingerprint density at radius 1 is 1.47 bits per heavy atom. The first-order valence-corrected chi connectivity index (χ1v) is 5.96. The van der Waals surface area contributed by atoms with Crippen LogP contribution >= 0.6 is 0 Å². The number of aromatic nitrogens is 2. The van der Waals surface area contributed by atoms with Gasteiger partial charge in [0, 0.05) is 12.0 Å². The van der Waals surface area contributed by atoms with Crippen LogP contribution in [0.5, 0.6) is 0 Å². The number of aryl methyl sites for hydroxylation is 1. The van der Waals surface area contributed by atoms with Crippen molar-refractivity contribution in [2.45, 2.75) is 51.0 Å². The number of rotatable bonds is 3. The van der Waals surface area contributed by atoms with Crippen molar-refractivity contribution in [2.75, 3.05) is 5.32 Å². The van der Waals surface area contributed by atoms with E-state index in [1.165, 1.54) is 6.42 Å². The van der Waals surface area contributed by atoms with Gasteiger partial charge in [0.2, 0.25) is 5.91 Å². The maximum atomic E-state index is 11.8. The van der Waals surface area contributed by atoms with Gasteiger partial charge in [-0.1, -0.05) is 24.4 Å². The van der Waals surface area contributed by atoms with Crippen molar-refractivity contribution in [3.63, 3.8) is 0 Å². The van der Waals surface area contributed by atoms with Gasteiger partial charge < -0.3 is 10.3 Å². The third-order valence-corrected chi connectivity index (χ3v) is 3.14.